The van der Waals surface area contributed by atoms with Gasteiger partial charge in [-0.2, -0.15) is 0 Å². The molecule has 0 saturated heterocycles. The van der Waals surface area contributed by atoms with E-state index >= 15 is 0 Å². The lowest BCUT2D eigenvalue weighted by Crippen LogP contribution is -2.38. The van der Waals surface area contributed by atoms with Gasteiger partial charge < -0.3 is 20.1 Å². The minimum Gasteiger partial charge on any atom is -0.378 e. The minimum absolute atomic E-state index is 0. The SMILES string of the molecule is CN=C(NCCCOC1CCCCC1)NCCC1=CCOCC1.I. The predicted octanol–water partition coefficient (Wildman–Crippen LogP) is 3.25. The second kappa shape index (κ2) is 13.9. The fourth-order valence-corrected chi connectivity index (χ4v) is 3.12. The molecular formula is C18H34IN3O2. The number of aliphatic imine (C=N–C) groups is 1. The number of guanidine groups is 1. The Kier molecular flexibility index (Phi) is 12.6. The third kappa shape index (κ3) is 9.22. The minimum atomic E-state index is 0. The fourth-order valence-electron chi connectivity index (χ4n) is 3.12. The van der Waals surface area contributed by atoms with Gasteiger partial charge in [0, 0.05) is 26.7 Å². The lowest BCUT2D eigenvalue weighted by molar-refractivity contribution is 0.0277. The van der Waals surface area contributed by atoms with Gasteiger partial charge in [-0.15, -0.1) is 24.0 Å². The maximum absolute atomic E-state index is 5.94. The van der Waals surface area contributed by atoms with Gasteiger partial charge in [-0.25, -0.2) is 0 Å². The Morgan fingerprint density at radius 2 is 2.04 bits per heavy atom. The summed E-state index contributed by atoms with van der Waals surface area (Å²) in [4.78, 5) is 4.27. The van der Waals surface area contributed by atoms with Crippen LogP contribution < -0.4 is 10.6 Å². The van der Waals surface area contributed by atoms with Crippen molar-refractivity contribution in [2.45, 2.75) is 57.5 Å². The number of hydrogen-bond acceptors (Lipinski definition) is 3. The first-order chi connectivity index (χ1) is 11.4. The van der Waals surface area contributed by atoms with Gasteiger partial charge >= 0.3 is 0 Å². The van der Waals surface area contributed by atoms with Gasteiger partial charge in [0.05, 0.1) is 19.3 Å². The Balaban J connectivity index is 0.00000288. The predicted molar refractivity (Wildman–Crippen MR) is 110 cm³/mol. The van der Waals surface area contributed by atoms with Gasteiger partial charge in [0.1, 0.15) is 0 Å². The molecule has 0 aromatic heterocycles. The number of nitrogens with zero attached hydrogens (tertiary/aromatic N) is 1. The van der Waals surface area contributed by atoms with E-state index in [1.807, 2.05) is 7.05 Å². The van der Waals surface area contributed by atoms with Crippen molar-refractivity contribution in [3.8, 4) is 0 Å². The summed E-state index contributed by atoms with van der Waals surface area (Å²) in [6.07, 6.45) is 12.4. The first-order valence-electron chi connectivity index (χ1n) is 9.20. The second-order valence-corrected chi connectivity index (χ2v) is 6.35. The van der Waals surface area contributed by atoms with E-state index < -0.39 is 0 Å². The van der Waals surface area contributed by atoms with Crippen LogP contribution in [0.3, 0.4) is 0 Å². The van der Waals surface area contributed by atoms with Crippen molar-refractivity contribution in [1.29, 1.82) is 0 Å². The van der Waals surface area contributed by atoms with Gasteiger partial charge in [-0.1, -0.05) is 30.9 Å². The Hall–Kier alpha value is -0.340. The molecule has 0 radical (unpaired) electrons. The Labute approximate surface area is 164 Å². The van der Waals surface area contributed by atoms with Crippen LogP contribution in [0.1, 0.15) is 51.4 Å². The quantitative estimate of drug-likeness (QED) is 0.196. The van der Waals surface area contributed by atoms with Crippen molar-refractivity contribution in [2.24, 2.45) is 4.99 Å². The monoisotopic (exact) mass is 451 g/mol. The van der Waals surface area contributed by atoms with E-state index in [1.54, 1.807) is 0 Å². The molecular weight excluding hydrogens is 417 g/mol. The lowest BCUT2D eigenvalue weighted by Gasteiger charge is -2.22. The number of nitrogens with one attached hydrogen (secondary N) is 2. The van der Waals surface area contributed by atoms with Crippen LogP contribution in [0.5, 0.6) is 0 Å². The van der Waals surface area contributed by atoms with Crippen molar-refractivity contribution >= 4 is 29.9 Å². The van der Waals surface area contributed by atoms with E-state index in [-0.39, 0.29) is 24.0 Å². The molecule has 1 fully saturated rings. The summed E-state index contributed by atoms with van der Waals surface area (Å²) in [5, 5.41) is 6.73. The highest BCUT2D eigenvalue weighted by Gasteiger charge is 2.13. The summed E-state index contributed by atoms with van der Waals surface area (Å²) in [5.41, 5.74) is 1.49. The van der Waals surface area contributed by atoms with Crippen LogP contribution in [-0.4, -0.2) is 52.0 Å². The van der Waals surface area contributed by atoms with E-state index in [4.69, 9.17) is 9.47 Å². The van der Waals surface area contributed by atoms with Crippen molar-refractivity contribution in [1.82, 2.24) is 10.6 Å². The van der Waals surface area contributed by atoms with Gasteiger partial charge in [0.25, 0.3) is 0 Å². The van der Waals surface area contributed by atoms with Crippen molar-refractivity contribution in [2.75, 3.05) is 40.0 Å². The van der Waals surface area contributed by atoms with Crippen LogP contribution in [0.15, 0.2) is 16.6 Å². The Morgan fingerprint density at radius 3 is 2.75 bits per heavy atom. The fraction of sp³-hybridized carbons (Fsp3) is 0.833. The van der Waals surface area contributed by atoms with Crippen molar-refractivity contribution in [3.63, 3.8) is 0 Å². The highest BCUT2D eigenvalue weighted by Crippen LogP contribution is 2.20. The number of hydrogen-bond donors (Lipinski definition) is 2. The van der Waals surface area contributed by atoms with E-state index in [0.717, 1.165) is 58.1 Å². The summed E-state index contributed by atoms with van der Waals surface area (Å²) >= 11 is 0. The average Bonchev–Trinajstić information content (AvgIpc) is 2.61. The zero-order valence-electron chi connectivity index (χ0n) is 15.0. The molecule has 140 valence electrons. The van der Waals surface area contributed by atoms with Gasteiger partial charge in [-0.05, 0) is 32.1 Å². The average molecular weight is 451 g/mol. The Bertz CT molecular complexity index is 382. The topological polar surface area (TPSA) is 54.9 Å². The zero-order chi connectivity index (χ0) is 16.2. The van der Waals surface area contributed by atoms with Crippen LogP contribution in [-0.2, 0) is 9.47 Å². The molecule has 1 saturated carbocycles. The van der Waals surface area contributed by atoms with Crippen molar-refractivity contribution in [3.05, 3.63) is 11.6 Å². The van der Waals surface area contributed by atoms with E-state index in [2.05, 4.69) is 21.7 Å². The first-order valence-corrected chi connectivity index (χ1v) is 9.20. The molecule has 0 bridgehead atoms. The molecule has 1 aliphatic carbocycles. The highest BCUT2D eigenvalue weighted by atomic mass is 127. The normalized spacial score (nSPS) is 19.4. The second-order valence-electron chi connectivity index (χ2n) is 6.35. The molecule has 6 heteroatoms. The van der Waals surface area contributed by atoms with Gasteiger partial charge in [0.15, 0.2) is 5.96 Å². The smallest absolute Gasteiger partial charge is 0.190 e. The van der Waals surface area contributed by atoms with E-state index in [1.165, 1.54) is 37.7 Å². The van der Waals surface area contributed by atoms with Crippen molar-refractivity contribution < 1.29 is 9.47 Å². The van der Waals surface area contributed by atoms with E-state index in [9.17, 15) is 0 Å². The lowest BCUT2D eigenvalue weighted by atomic mass is 9.98. The summed E-state index contributed by atoms with van der Waals surface area (Å²) in [7, 11) is 1.82. The molecule has 0 atom stereocenters. The van der Waals surface area contributed by atoms with Crippen LogP contribution in [0.25, 0.3) is 0 Å². The number of rotatable bonds is 8. The standard InChI is InChI=1S/C18H33N3O2.HI/c1-19-18(21-12-8-16-9-14-22-15-10-16)20-11-5-13-23-17-6-3-2-4-7-17;/h9,17H,2-8,10-15H2,1H3,(H2,19,20,21);1H. The molecule has 2 rings (SSSR count). The number of halogens is 1. The maximum Gasteiger partial charge on any atom is 0.190 e. The molecule has 5 nitrogen and oxygen atoms in total. The van der Waals surface area contributed by atoms with Gasteiger partial charge in [-0.3, -0.25) is 4.99 Å². The Morgan fingerprint density at radius 1 is 1.25 bits per heavy atom. The molecule has 1 aliphatic heterocycles. The largest absolute Gasteiger partial charge is 0.378 e. The molecule has 0 spiro atoms. The van der Waals surface area contributed by atoms with Crippen LogP contribution in [0.4, 0.5) is 0 Å². The molecule has 0 aromatic carbocycles. The third-order valence-electron chi connectivity index (χ3n) is 4.54. The van der Waals surface area contributed by atoms with Crippen LogP contribution in [0.2, 0.25) is 0 Å². The summed E-state index contributed by atoms with van der Waals surface area (Å²) in [6.45, 7) is 4.30. The number of ether oxygens (including phenoxy) is 2. The molecule has 24 heavy (non-hydrogen) atoms. The molecule has 0 amide bonds. The van der Waals surface area contributed by atoms with Crippen LogP contribution in [0, 0.1) is 0 Å². The first kappa shape index (κ1) is 21.7. The summed E-state index contributed by atoms with van der Waals surface area (Å²) in [6, 6.07) is 0. The molecule has 0 aromatic rings. The summed E-state index contributed by atoms with van der Waals surface area (Å²) < 4.78 is 11.3. The third-order valence-corrected chi connectivity index (χ3v) is 4.54. The van der Waals surface area contributed by atoms with E-state index in [0.29, 0.717) is 6.10 Å². The summed E-state index contributed by atoms with van der Waals surface area (Å²) in [5.74, 6) is 0.885. The van der Waals surface area contributed by atoms with Crippen LogP contribution >= 0.6 is 24.0 Å². The molecule has 2 aliphatic rings. The molecule has 0 unspecified atom stereocenters. The highest BCUT2D eigenvalue weighted by molar-refractivity contribution is 14.0. The maximum atomic E-state index is 5.94. The van der Waals surface area contributed by atoms with Gasteiger partial charge in [0.2, 0.25) is 0 Å². The molecule has 2 N–H and O–H groups in total. The zero-order valence-corrected chi connectivity index (χ0v) is 17.3. The molecule has 1 heterocycles.